The van der Waals surface area contributed by atoms with Crippen LogP contribution in [0.25, 0.3) is 21.2 Å². The average molecular weight is 283 g/mol. The van der Waals surface area contributed by atoms with Crippen LogP contribution in [0, 0.1) is 0 Å². The van der Waals surface area contributed by atoms with Crippen molar-refractivity contribution in [2.45, 2.75) is 31.5 Å². The van der Waals surface area contributed by atoms with Gasteiger partial charge in [0, 0.05) is 11.5 Å². The zero-order valence-electron chi connectivity index (χ0n) is 11.6. The number of aliphatic hydroxyl groups is 2. The Morgan fingerprint density at radius 3 is 2.67 bits per heavy atom. The standard InChI is InChI=1S/C16H17N3O2/c17-19-18-9-8-14(20)16(21)13-7-6-11-5-4-10-2-1-3-12(13)15(10)11/h1-3,6-7,14,16,20-21H,4-5,8-9H2. The summed E-state index contributed by atoms with van der Waals surface area (Å²) in [6.45, 7) is 0.177. The number of rotatable bonds is 5. The molecule has 3 rings (SSSR count). The van der Waals surface area contributed by atoms with Gasteiger partial charge in [-0.1, -0.05) is 35.4 Å². The molecule has 5 nitrogen and oxygen atoms in total. The van der Waals surface area contributed by atoms with Crippen LogP contribution >= 0.6 is 0 Å². The second-order valence-electron chi connectivity index (χ2n) is 5.41. The summed E-state index contributed by atoms with van der Waals surface area (Å²) in [6.07, 6.45) is 0.406. The fourth-order valence-electron chi connectivity index (χ4n) is 3.13. The van der Waals surface area contributed by atoms with Gasteiger partial charge in [-0.3, -0.25) is 0 Å². The molecule has 0 fully saturated rings. The van der Waals surface area contributed by atoms with Crippen LogP contribution in [0.15, 0.2) is 35.4 Å². The zero-order chi connectivity index (χ0) is 14.8. The highest BCUT2D eigenvalue weighted by molar-refractivity contribution is 5.93. The van der Waals surface area contributed by atoms with Crippen LogP contribution in [0.4, 0.5) is 0 Å². The number of azide groups is 1. The lowest BCUT2D eigenvalue weighted by atomic mass is 9.94. The van der Waals surface area contributed by atoms with Gasteiger partial charge in [0.1, 0.15) is 6.10 Å². The minimum Gasteiger partial charge on any atom is -0.390 e. The third kappa shape index (κ3) is 2.47. The fraction of sp³-hybridized carbons (Fsp3) is 0.375. The molecule has 1 aliphatic carbocycles. The Morgan fingerprint density at radius 2 is 1.90 bits per heavy atom. The number of aliphatic hydroxyl groups excluding tert-OH is 2. The predicted molar refractivity (Wildman–Crippen MR) is 81.0 cm³/mol. The second kappa shape index (κ2) is 5.74. The SMILES string of the molecule is [N-]=[N+]=NCCC(O)C(O)c1ccc2c3c(cccc13)CC2. The van der Waals surface area contributed by atoms with Gasteiger partial charge in [0.15, 0.2) is 0 Å². The first kappa shape index (κ1) is 13.9. The van der Waals surface area contributed by atoms with E-state index in [1.165, 1.54) is 16.5 Å². The molecule has 0 spiro atoms. The smallest absolute Gasteiger partial charge is 0.105 e. The monoisotopic (exact) mass is 283 g/mol. The molecular weight excluding hydrogens is 266 g/mol. The first-order valence-electron chi connectivity index (χ1n) is 7.12. The summed E-state index contributed by atoms with van der Waals surface area (Å²) >= 11 is 0. The molecule has 0 aliphatic heterocycles. The molecule has 0 saturated carbocycles. The summed E-state index contributed by atoms with van der Waals surface area (Å²) in [4.78, 5) is 2.65. The molecule has 0 amide bonds. The van der Waals surface area contributed by atoms with Crippen molar-refractivity contribution < 1.29 is 10.2 Å². The fourth-order valence-corrected chi connectivity index (χ4v) is 3.13. The van der Waals surface area contributed by atoms with E-state index in [9.17, 15) is 10.2 Å². The maximum Gasteiger partial charge on any atom is 0.105 e. The van der Waals surface area contributed by atoms with Gasteiger partial charge < -0.3 is 10.2 Å². The number of hydrogen-bond donors (Lipinski definition) is 2. The highest BCUT2D eigenvalue weighted by atomic mass is 16.3. The van der Waals surface area contributed by atoms with Crippen LogP contribution in [-0.4, -0.2) is 22.9 Å². The maximum absolute atomic E-state index is 10.4. The number of hydrogen-bond acceptors (Lipinski definition) is 3. The van der Waals surface area contributed by atoms with Crippen molar-refractivity contribution in [1.82, 2.24) is 0 Å². The molecule has 0 heterocycles. The van der Waals surface area contributed by atoms with Crippen molar-refractivity contribution in [3.8, 4) is 0 Å². The summed E-state index contributed by atoms with van der Waals surface area (Å²) in [7, 11) is 0. The molecule has 0 saturated heterocycles. The van der Waals surface area contributed by atoms with E-state index in [1.807, 2.05) is 24.3 Å². The largest absolute Gasteiger partial charge is 0.390 e. The third-order valence-corrected chi connectivity index (χ3v) is 4.18. The van der Waals surface area contributed by atoms with E-state index in [2.05, 4.69) is 16.1 Å². The van der Waals surface area contributed by atoms with Crippen molar-refractivity contribution in [2.24, 2.45) is 5.11 Å². The van der Waals surface area contributed by atoms with Gasteiger partial charge in [-0.15, -0.1) is 0 Å². The van der Waals surface area contributed by atoms with E-state index >= 15 is 0 Å². The van der Waals surface area contributed by atoms with Gasteiger partial charge in [0.25, 0.3) is 0 Å². The highest BCUT2D eigenvalue weighted by Gasteiger charge is 2.23. The summed E-state index contributed by atoms with van der Waals surface area (Å²) in [5.74, 6) is 0. The molecule has 2 aromatic carbocycles. The lowest BCUT2D eigenvalue weighted by Gasteiger charge is -2.19. The van der Waals surface area contributed by atoms with Gasteiger partial charge in [-0.2, -0.15) is 0 Å². The molecular formula is C16H17N3O2. The first-order chi connectivity index (χ1) is 10.2. The third-order valence-electron chi connectivity index (χ3n) is 4.18. The molecule has 2 unspecified atom stereocenters. The van der Waals surface area contributed by atoms with Crippen LogP contribution < -0.4 is 0 Å². The molecule has 5 heteroatoms. The molecule has 0 aromatic heterocycles. The minimum absolute atomic E-state index is 0.177. The van der Waals surface area contributed by atoms with Crippen LogP contribution in [0.5, 0.6) is 0 Å². The Morgan fingerprint density at radius 1 is 1.14 bits per heavy atom. The minimum atomic E-state index is -0.969. The maximum atomic E-state index is 10.4. The van der Waals surface area contributed by atoms with E-state index in [-0.39, 0.29) is 13.0 Å². The summed E-state index contributed by atoms with van der Waals surface area (Å²) in [5, 5.41) is 26.1. The lowest BCUT2D eigenvalue weighted by Crippen LogP contribution is -2.19. The van der Waals surface area contributed by atoms with Crippen molar-refractivity contribution >= 4 is 10.8 Å². The van der Waals surface area contributed by atoms with Crippen molar-refractivity contribution in [1.29, 1.82) is 0 Å². The zero-order valence-corrected chi connectivity index (χ0v) is 11.6. The number of nitrogens with zero attached hydrogens (tertiary/aromatic N) is 3. The molecule has 108 valence electrons. The van der Waals surface area contributed by atoms with Gasteiger partial charge in [0.05, 0.1) is 6.10 Å². The highest BCUT2D eigenvalue weighted by Crippen LogP contribution is 2.35. The second-order valence-corrected chi connectivity index (χ2v) is 5.41. The molecule has 21 heavy (non-hydrogen) atoms. The Kier molecular flexibility index (Phi) is 3.80. The van der Waals surface area contributed by atoms with Crippen molar-refractivity contribution in [3.63, 3.8) is 0 Å². The molecule has 2 N–H and O–H groups in total. The molecule has 1 aliphatic rings. The quantitative estimate of drug-likeness (QED) is 0.501. The van der Waals surface area contributed by atoms with E-state index in [1.54, 1.807) is 0 Å². The number of benzene rings is 2. The van der Waals surface area contributed by atoms with Crippen LogP contribution in [0.2, 0.25) is 0 Å². The van der Waals surface area contributed by atoms with E-state index in [4.69, 9.17) is 5.53 Å². The average Bonchev–Trinajstić information content (AvgIpc) is 2.92. The van der Waals surface area contributed by atoms with Gasteiger partial charge in [-0.05, 0) is 52.3 Å². The van der Waals surface area contributed by atoms with Crippen molar-refractivity contribution in [3.05, 3.63) is 57.5 Å². The van der Waals surface area contributed by atoms with E-state index in [0.717, 1.165) is 23.8 Å². The van der Waals surface area contributed by atoms with Crippen LogP contribution in [-0.2, 0) is 12.8 Å². The summed E-state index contributed by atoms with van der Waals surface area (Å²) in [6, 6.07) is 10.0. The normalized spacial score (nSPS) is 15.7. The predicted octanol–water partition coefficient (Wildman–Crippen LogP) is 3.03. The molecule has 2 atom stereocenters. The Balaban J connectivity index is 1.96. The van der Waals surface area contributed by atoms with Crippen molar-refractivity contribution in [2.75, 3.05) is 6.54 Å². The topological polar surface area (TPSA) is 89.2 Å². The summed E-state index contributed by atoms with van der Waals surface area (Å²) in [5.41, 5.74) is 11.6. The molecule has 0 bridgehead atoms. The van der Waals surface area contributed by atoms with E-state index in [0.29, 0.717) is 0 Å². The Labute approximate surface area is 122 Å². The van der Waals surface area contributed by atoms with Gasteiger partial charge >= 0.3 is 0 Å². The molecule has 2 aromatic rings. The van der Waals surface area contributed by atoms with Crippen LogP contribution in [0.1, 0.15) is 29.2 Å². The number of aryl methyl sites for hydroxylation is 2. The van der Waals surface area contributed by atoms with Gasteiger partial charge in [0.2, 0.25) is 0 Å². The van der Waals surface area contributed by atoms with E-state index < -0.39 is 12.2 Å². The Hall–Kier alpha value is -2.07. The van der Waals surface area contributed by atoms with Gasteiger partial charge in [-0.25, -0.2) is 0 Å². The van der Waals surface area contributed by atoms with Crippen LogP contribution in [0.3, 0.4) is 0 Å². The first-order valence-corrected chi connectivity index (χ1v) is 7.12. The Bertz CT molecular complexity index is 713. The summed E-state index contributed by atoms with van der Waals surface area (Å²) < 4.78 is 0. The lowest BCUT2D eigenvalue weighted by molar-refractivity contribution is 0.0159. The molecule has 0 radical (unpaired) electrons.